The molecule has 0 saturated heterocycles. The van der Waals surface area contributed by atoms with E-state index in [9.17, 15) is 14.9 Å². The summed E-state index contributed by atoms with van der Waals surface area (Å²) in [6, 6.07) is 6.24. The minimum atomic E-state index is -0.476. The first-order valence-electron chi connectivity index (χ1n) is 5.75. The molecule has 1 aromatic carbocycles. The van der Waals surface area contributed by atoms with Crippen molar-refractivity contribution in [3.05, 3.63) is 53.1 Å². The van der Waals surface area contributed by atoms with Crippen LogP contribution in [-0.4, -0.2) is 17.3 Å². The zero-order valence-electron chi connectivity index (χ0n) is 10.8. The number of Topliss-reactive ketones (excluding diaryl/α,β-unsaturated/α-hetero) is 1. The maximum absolute atomic E-state index is 12.1. The number of hydrogen-bond donors (Lipinski definition) is 0. The van der Waals surface area contributed by atoms with Crippen LogP contribution in [-0.2, 0) is 0 Å². The lowest BCUT2D eigenvalue weighted by molar-refractivity contribution is -0.385. The van der Waals surface area contributed by atoms with Gasteiger partial charge in [0.25, 0.3) is 5.69 Å². The highest BCUT2D eigenvalue weighted by Crippen LogP contribution is 2.32. The van der Waals surface area contributed by atoms with Crippen LogP contribution in [0.5, 0.6) is 5.75 Å². The summed E-state index contributed by atoms with van der Waals surface area (Å²) < 4.78 is 6.98. The van der Waals surface area contributed by atoms with E-state index in [1.165, 1.54) is 23.5 Å². The molecule has 2 rings (SSSR count). The molecule has 0 aliphatic rings. The Morgan fingerprint density at radius 3 is 2.71 bits per heavy atom. The predicted molar refractivity (Wildman–Crippen MR) is 87.4 cm³/mol. The zero-order chi connectivity index (χ0) is 15.6. The number of nitro benzene ring substituents is 1. The van der Waals surface area contributed by atoms with Gasteiger partial charge in [-0.05, 0) is 50.9 Å². The van der Waals surface area contributed by atoms with Crippen molar-refractivity contribution in [3.8, 4) is 5.75 Å². The Balaban J connectivity index is 2.13. The predicted octanol–water partition coefficient (Wildman–Crippen LogP) is 4.75. The standard InChI is InChI=1S/C13H9Br2NO4S/c1-7-9(16(18)19)3-2-4-11(7)20-6-10(17)8-5-12(14)21-13(8)15/h2-5H,6H2,1H3. The fraction of sp³-hybridized carbons (Fsp3) is 0.154. The molecule has 0 N–H and O–H groups in total. The number of thiophene rings is 1. The minimum Gasteiger partial charge on any atom is -0.485 e. The quantitative estimate of drug-likeness (QED) is 0.386. The molecular weight excluding hydrogens is 426 g/mol. The second-order valence-corrected chi connectivity index (χ2v) is 7.86. The van der Waals surface area contributed by atoms with Crippen molar-refractivity contribution >= 4 is 54.7 Å². The smallest absolute Gasteiger partial charge is 0.276 e. The number of hydrogen-bond acceptors (Lipinski definition) is 5. The van der Waals surface area contributed by atoms with Crippen LogP contribution in [0.3, 0.4) is 0 Å². The van der Waals surface area contributed by atoms with Gasteiger partial charge in [0.1, 0.15) is 5.75 Å². The number of carbonyl (C=O) groups excluding carboxylic acids is 1. The molecule has 0 spiro atoms. The summed E-state index contributed by atoms with van der Waals surface area (Å²) in [5.41, 5.74) is 0.898. The van der Waals surface area contributed by atoms with Crippen LogP contribution < -0.4 is 4.74 Å². The molecule has 0 unspecified atom stereocenters. The van der Waals surface area contributed by atoms with Gasteiger partial charge < -0.3 is 4.74 Å². The van der Waals surface area contributed by atoms with Crippen LogP contribution in [0.2, 0.25) is 0 Å². The van der Waals surface area contributed by atoms with Crippen LogP contribution in [0.15, 0.2) is 31.8 Å². The second-order valence-electron chi connectivity index (χ2n) is 4.11. The van der Waals surface area contributed by atoms with Crippen LogP contribution >= 0.6 is 43.2 Å². The average molecular weight is 435 g/mol. The van der Waals surface area contributed by atoms with E-state index in [0.29, 0.717) is 16.9 Å². The topological polar surface area (TPSA) is 69.4 Å². The Morgan fingerprint density at radius 1 is 1.43 bits per heavy atom. The maximum atomic E-state index is 12.1. The van der Waals surface area contributed by atoms with Gasteiger partial charge in [0, 0.05) is 11.6 Å². The summed E-state index contributed by atoms with van der Waals surface area (Å²) in [7, 11) is 0. The van der Waals surface area contributed by atoms with Crippen LogP contribution in [0.1, 0.15) is 15.9 Å². The Bertz CT molecular complexity index is 714. The highest BCUT2D eigenvalue weighted by Gasteiger charge is 2.17. The van der Waals surface area contributed by atoms with Crippen molar-refractivity contribution in [1.82, 2.24) is 0 Å². The third-order valence-corrected chi connectivity index (χ3v) is 5.11. The van der Waals surface area contributed by atoms with Crippen LogP contribution in [0.4, 0.5) is 5.69 Å². The molecule has 0 fully saturated rings. The molecule has 0 aliphatic heterocycles. The number of rotatable bonds is 5. The third-order valence-electron chi connectivity index (χ3n) is 2.77. The van der Waals surface area contributed by atoms with Crippen molar-refractivity contribution in [1.29, 1.82) is 0 Å². The molecule has 2 aromatic rings. The molecule has 5 nitrogen and oxygen atoms in total. The lowest BCUT2D eigenvalue weighted by atomic mass is 10.2. The summed E-state index contributed by atoms with van der Waals surface area (Å²) in [5, 5.41) is 10.9. The molecule has 1 heterocycles. The maximum Gasteiger partial charge on any atom is 0.276 e. The molecular formula is C13H9Br2NO4S. The Kier molecular flexibility index (Phi) is 5.13. The van der Waals surface area contributed by atoms with Gasteiger partial charge in [-0.1, -0.05) is 6.07 Å². The van der Waals surface area contributed by atoms with Crippen molar-refractivity contribution in [3.63, 3.8) is 0 Å². The number of nitrogens with zero attached hydrogens (tertiary/aromatic N) is 1. The lowest BCUT2D eigenvalue weighted by Gasteiger charge is -2.08. The number of halogens is 2. The van der Waals surface area contributed by atoms with Gasteiger partial charge in [-0.25, -0.2) is 0 Å². The number of carbonyl (C=O) groups is 1. The van der Waals surface area contributed by atoms with Crippen molar-refractivity contribution in [2.45, 2.75) is 6.92 Å². The first-order valence-corrected chi connectivity index (χ1v) is 8.15. The highest BCUT2D eigenvalue weighted by atomic mass is 79.9. The van der Waals surface area contributed by atoms with Gasteiger partial charge in [0.15, 0.2) is 6.61 Å². The van der Waals surface area contributed by atoms with E-state index < -0.39 is 4.92 Å². The van der Waals surface area contributed by atoms with E-state index in [2.05, 4.69) is 31.9 Å². The average Bonchev–Trinajstić information content (AvgIpc) is 2.76. The normalized spacial score (nSPS) is 10.4. The van der Waals surface area contributed by atoms with Gasteiger partial charge in [0.05, 0.1) is 18.1 Å². The first-order chi connectivity index (χ1) is 9.90. The number of benzene rings is 1. The van der Waals surface area contributed by atoms with Crippen LogP contribution in [0.25, 0.3) is 0 Å². The van der Waals surface area contributed by atoms with E-state index >= 15 is 0 Å². The summed E-state index contributed by atoms with van der Waals surface area (Å²) >= 11 is 8.01. The molecule has 0 radical (unpaired) electrons. The van der Waals surface area contributed by atoms with E-state index in [4.69, 9.17) is 4.74 Å². The van der Waals surface area contributed by atoms with Gasteiger partial charge in [-0.3, -0.25) is 14.9 Å². The van der Waals surface area contributed by atoms with Crippen molar-refractivity contribution < 1.29 is 14.5 Å². The van der Waals surface area contributed by atoms with Crippen LogP contribution in [0, 0.1) is 17.0 Å². The van der Waals surface area contributed by atoms with E-state index in [1.807, 2.05) is 0 Å². The number of nitro groups is 1. The van der Waals surface area contributed by atoms with Crippen molar-refractivity contribution in [2.75, 3.05) is 6.61 Å². The fourth-order valence-corrected chi connectivity index (χ4v) is 4.56. The second kappa shape index (κ2) is 6.67. The van der Waals surface area contributed by atoms with Gasteiger partial charge >= 0.3 is 0 Å². The largest absolute Gasteiger partial charge is 0.485 e. The SMILES string of the molecule is Cc1c(OCC(=O)c2cc(Br)sc2Br)cccc1[N+](=O)[O-]. The molecule has 1 aromatic heterocycles. The summed E-state index contributed by atoms with van der Waals surface area (Å²) in [6.07, 6.45) is 0. The fourth-order valence-electron chi connectivity index (χ4n) is 1.71. The molecule has 0 aliphatic carbocycles. The molecule has 110 valence electrons. The summed E-state index contributed by atoms with van der Waals surface area (Å²) in [4.78, 5) is 22.5. The zero-order valence-corrected chi connectivity index (χ0v) is 14.7. The number of ketones is 1. The molecule has 0 amide bonds. The Morgan fingerprint density at radius 2 is 2.14 bits per heavy atom. The monoisotopic (exact) mass is 433 g/mol. The highest BCUT2D eigenvalue weighted by molar-refractivity contribution is 9.12. The Labute approximate surface area is 141 Å². The minimum absolute atomic E-state index is 0.0283. The van der Waals surface area contributed by atoms with E-state index in [1.54, 1.807) is 19.1 Å². The van der Waals surface area contributed by atoms with E-state index in [-0.39, 0.29) is 18.1 Å². The molecule has 0 saturated carbocycles. The third kappa shape index (κ3) is 3.69. The molecule has 0 bridgehead atoms. The Hall–Kier alpha value is -1.25. The molecule has 8 heteroatoms. The summed E-state index contributed by atoms with van der Waals surface area (Å²) in [5.74, 6) is 0.137. The lowest BCUT2D eigenvalue weighted by Crippen LogP contribution is -2.12. The summed E-state index contributed by atoms with van der Waals surface area (Å²) in [6.45, 7) is 1.42. The van der Waals surface area contributed by atoms with Crippen molar-refractivity contribution in [2.24, 2.45) is 0 Å². The van der Waals surface area contributed by atoms with Gasteiger partial charge in [-0.15, -0.1) is 11.3 Å². The first kappa shape index (κ1) is 16.1. The van der Waals surface area contributed by atoms with Gasteiger partial charge in [-0.2, -0.15) is 0 Å². The molecule has 21 heavy (non-hydrogen) atoms. The molecule has 0 atom stereocenters. The van der Waals surface area contributed by atoms with E-state index in [0.717, 1.165) is 7.57 Å². The number of ether oxygens (including phenoxy) is 1. The van der Waals surface area contributed by atoms with Gasteiger partial charge in [0.2, 0.25) is 5.78 Å².